The zero-order valence-electron chi connectivity index (χ0n) is 17.0. The second-order valence-corrected chi connectivity index (χ2v) is 25.3. The third kappa shape index (κ3) is 12.6. The van der Waals surface area contributed by atoms with Crippen LogP contribution in [-0.2, 0) is 12.3 Å². The molecule has 9 heteroatoms. The smallest absolute Gasteiger partial charge is 0.317 e. The van der Waals surface area contributed by atoms with Crippen LogP contribution in [0.1, 0.15) is 6.92 Å². The van der Waals surface area contributed by atoms with Gasteiger partial charge < -0.3 is 23.4 Å². The van der Waals surface area contributed by atoms with Gasteiger partial charge in [-0.15, -0.1) is 0 Å². The molecule has 5 nitrogen and oxygen atoms in total. The monoisotopic (exact) mass is 396 g/mol. The Morgan fingerprint density at radius 1 is 0.826 bits per heavy atom. The Morgan fingerprint density at radius 3 is 1.70 bits per heavy atom. The van der Waals surface area contributed by atoms with Crippen LogP contribution in [-0.4, -0.2) is 52.9 Å². The summed E-state index contributed by atoms with van der Waals surface area (Å²) in [5, 5.41) is 3.46. The Kier molecular flexibility index (Phi) is 9.11. The van der Waals surface area contributed by atoms with Gasteiger partial charge in [0.15, 0.2) is 16.6 Å². The lowest BCUT2D eigenvalue weighted by Crippen LogP contribution is -2.58. The minimum absolute atomic E-state index is 0.336. The molecule has 0 aliphatic heterocycles. The minimum atomic E-state index is -2.32. The summed E-state index contributed by atoms with van der Waals surface area (Å²) < 4.78 is 19.6. The first-order valence-corrected chi connectivity index (χ1v) is 20.8. The predicted octanol–water partition coefficient (Wildman–Crippen LogP) is 3.42. The summed E-state index contributed by atoms with van der Waals surface area (Å²) >= 11 is 0. The third-order valence-electron chi connectivity index (χ3n) is 2.85. The highest BCUT2D eigenvalue weighted by Crippen LogP contribution is 2.27. The fourth-order valence-corrected chi connectivity index (χ4v) is 21.2. The fourth-order valence-electron chi connectivity index (χ4n) is 2.99. The van der Waals surface area contributed by atoms with E-state index in [2.05, 4.69) is 71.2 Å². The van der Waals surface area contributed by atoms with Crippen molar-refractivity contribution < 1.29 is 12.3 Å². The second-order valence-electron chi connectivity index (χ2n) is 8.91. The van der Waals surface area contributed by atoms with Crippen molar-refractivity contribution in [1.82, 2.24) is 5.32 Å². The van der Waals surface area contributed by atoms with Gasteiger partial charge in [0.1, 0.15) is 0 Å². The molecule has 0 saturated carbocycles. The summed E-state index contributed by atoms with van der Waals surface area (Å²) in [7, 11) is -7.84. The van der Waals surface area contributed by atoms with Crippen molar-refractivity contribution in [3.8, 4) is 0 Å². The fraction of sp³-hybridized carbons (Fsp3) is 1.00. The molecular weight excluding hydrogens is 357 g/mol. The lowest BCUT2D eigenvalue weighted by molar-refractivity contribution is 0.318. The average Bonchev–Trinajstić information content (AvgIpc) is 2.17. The van der Waals surface area contributed by atoms with Crippen LogP contribution in [0.2, 0.25) is 65.0 Å². The summed E-state index contributed by atoms with van der Waals surface area (Å²) in [5.74, 6) is 0. The zero-order chi connectivity index (χ0) is 18.5. The SMILES string of the molecule is CC(C[Si](C)(O[Si](C)(C)C)O[Si](C)(C)O[Si](C)(C)C)NCCN. The molecule has 2 atom stereocenters. The highest BCUT2D eigenvalue weighted by Gasteiger charge is 2.45. The molecule has 3 N–H and O–H groups in total. The molecule has 0 heterocycles. The van der Waals surface area contributed by atoms with Gasteiger partial charge in [-0.2, -0.15) is 0 Å². The number of nitrogens with one attached hydrogen (secondary N) is 1. The summed E-state index contributed by atoms with van der Waals surface area (Å²) in [6.45, 7) is 23.5. The standard InChI is InChI=1S/C14H40N2O3Si4/c1-14(16-12-11-15)13-23(10,18-21(5,6)7)19-22(8,9)17-20(2,3)4/h14,16H,11-13,15H2,1-10H3. The Bertz CT molecular complexity index is 359. The molecule has 0 aromatic heterocycles. The highest BCUT2D eigenvalue weighted by molar-refractivity contribution is 6.89. The van der Waals surface area contributed by atoms with Crippen molar-refractivity contribution in [2.75, 3.05) is 13.1 Å². The molecule has 140 valence electrons. The van der Waals surface area contributed by atoms with Crippen LogP contribution >= 0.6 is 0 Å². The predicted molar refractivity (Wildman–Crippen MR) is 110 cm³/mol. The minimum Gasteiger partial charge on any atom is -0.437 e. The molecule has 0 rings (SSSR count). The number of nitrogens with two attached hydrogens (primary N) is 1. The molecule has 0 spiro atoms. The molecule has 23 heavy (non-hydrogen) atoms. The molecule has 2 unspecified atom stereocenters. The number of hydrogen-bond acceptors (Lipinski definition) is 5. The number of hydrogen-bond donors (Lipinski definition) is 2. The Balaban J connectivity index is 5.12. The molecule has 0 aromatic rings. The van der Waals surface area contributed by atoms with E-state index >= 15 is 0 Å². The van der Waals surface area contributed by atoms with Crippen LogP contribution in [0.5, 0.6) is 0 Å². The van der Waals surface area contributed by atoms with Crippen LogP contribution in [0, 0.1) is 0 Å². The van der Waals surface area contributed by atoms with Gasteiger partial charge in [0.2, 0.25) is 0 Å². The van der Waals surface area contributed by atoms with Crippen LogP contribution in [0.4, 0.5) is 0 Å². The molecule has 0 fully saturated rings. The van der Waals surface area contributed by atoms with Gasteiger partial charge in [-0.05, 0) is 65.8 Å². The van der Waals surface area contributed by atoms with Gasteiger partial charge in [-0.25, -0.2) is 0 Å². The quantitative estimate of drug-likeness (QED) is 0.524. The Hall–Kier alpha value is 0.668. The third-order valence-corrected chi connectivity index (χ3v) is 16.5. The summed E-state index contributed by atoms with van der Waals surface area (Å²) in [6, 6.07) is 1.26. The summed E-state index contributed by atoms with van der Waals surface area (Å²) in [4.78, 5) is 0. The maximum Gasteiger partial charge on any atom is 0.317 e. The molecule has 0 aromatic carbocycles. The lowest BCUT2D eigenvalue weighted by Gasteiger charge is -2.42. The van der Waals surface area contributed by atoms with E-state index in [1.54, 1.807) is 0 Å². The lowest BCUT2D eigenvalue weighted by atomic mass is 10.4. The topological polar surface area (TPSA) is 65.7 Å². The largest absolute Gasteiger partial charge is 0.437 e. The van der Waals surface area contributed by atoms with Gasteiger partial charge >= 0.3 is 17.1 Å². The van der Waals surface area contributed by atoms with Gasteiger partial charge in [-0.1, -0.05) is 0 Å². The van der Waals surface area contributed by atoms with E-state index in [4.69, 9.17) is 18.1 Å². The molecule has 0 aliphatic carbocycles. The second kappa shape index (κ2) is 8.85. The first-order valence-electron chi connectivity index (χ1n) is 8.61. The van der Waals surface area contributed by atoms with Crippen LogP contribution in [0.15, 0.2) is 0 Å². The average molecular weight is 397 g/mol. The van der Waals surface area contributed by atoms with E-state index < -0.39 is 33.8 Å². The van der Waals surface area contributed by atoms with E-state index in [1.165, 1.54) is 0 Å². The van der Waals surface area contributed by atoms with E-state index in [1.807, 2.05) is 0 Å². The van der Waals surface area contributed by atoms with Gasteiger partial charge in [0.05, 0.1) is 0 Å². The van der Waals surface area contributed by atoms with Gasteiger partial charge in [0.25, 0.3) is 0 Å². The van der Waals surface area contributed by atoms with Crippen molar-refractivity contribution in [2.45, 2.75) is 77.9 Å². The van der Waals surface area contributed by atoms with Gasteiger partial charge in [-0.3, -0.25) is 0 Å². The first kappa shape index (κ1) is 23.7. The maximum atomic E-state index is 6.66. The van der Waals surface area contributed by atoms with Crippen molar-refractivity contribution in [1.29, 1.82) is 0 Å². The summed E-state index contributed by atoms with van der Waals surface area (Å²) in [6.07, 6.45) is 0. The van der Waals surface area contributed by atoms with E-state index in [9.17, 15) is 0 Å². The van der Waals surface area contributed by atoms with Crippen molar-refractivity contribution in [2.24, 2.45) is 5.73 Å². The molecule has 0 saturated heterocycles. The highest BCUT2D eigenvalue weighted by atomic mass is 28.5. The van der Waals surface area contributed by atoms with Crippen molar-refractivity contribution in [3.63, 3.8) is 0 Å². The van der Waals surface area contributed by atoms with Crippen molar-refractivity contribution in [3.05, 3.63) is 0 Å². The number of rotatable bonds is 11. The van der Waals surface area contributed by atoms with E-state index in [-0.39, 0.29) is 0 Å². The first-order chi connectivity index (χ1) is 10.1. The molecule has 0 aliphatic rings. The van der Waals surface area contributed by atoms with Crippen LogP contribution < -0.4 is 11.1 Å². The normalized spacial score (nSPS) is 17.9. The van der Waals surface area contributed by atoms with E-state index in [0.29, 0.717) is 12.6 Å². The molecule has 0 radical (unpaired) electrons. The molecule has 0 amide bonds. The summed E-state index contributed by atoms with van der Waals surface area (Å²) in [5.41, 5.74) is 5.60. The Labute approximate surface area is 148 Å². The maximum absolute atomic E-state index is 6.66. The molecular formula is C14H40N2O3Si4. The van der Waals surface area contributed by atoms with Crippen molar-refractivity contribution >= 4 is 33.8 Å². The Morgan fingerprint density at radius 2 is 1.30 bits per heavy atom. The van der Waals surface area contributed by atoms with Gasteiger partial charge in [0, 0.05) is 25.2 Å². The van der Waals surface area contributed by atoms with E-state index in [0.717, 1.165) is 12.6 Å². The molecule has 0 bridgehead atoms. The zero-order valence-corrected chi connectivity index (χ0v) is 21.0. The van der Waals surface area contributed by atoms with Crippen LogP contribution in [0.25, 0.3) is 0 Å². The van der Waals surface area contributed by atoms with Crippen LogP contribution in [0.3, 0.4) is 0 Å².